The third-order valence-corrected chi connectivity index (χ3v) is 6.10. The zero-order chi connectivity index (χ0) is 18.1. The van der Waals surface area contributed by atoms with Gasteiger partial charge in [0.1, 0.15) is 5.82 Å². The van der Waals surface area contributed by atoms with Gasteiger partial charge in [-0.05, 0) is 55.4 Å². The van der Waals surface area contributed by atoms with Gasteiger partial charge in [-0.25, -0.2) is 4.39 Å². The summed E-state index contributed by atoms with van der Waals surface area (Å²) in [5.41, 5.74) is 1.51. The molecule has 3 atom stereocenters. The molecule has 4 heteroatoms. The van der Waals surface area contributed by atoms with Gasteiger partial charge in [0.25, 0.3) is 5.91 Å². The molecule has 2 aromatic rings. The fraction of sp³-hybridized carbons (Fsp3) is 0.409. The van der Waals surface area contributed by atoms with Gasteiger partial charge in [-0.2, -0.15) is 0 Å². The summed E-state index contributed by atoms with van der Waals surface area (Å²) in [7, 11) is 0. The SMILES string of the molecule is C[C@]1(NC(=O)c2cccc(F)c2)CC[C@@H]2CN(Cc3ccccc3)C[C@@H]21. The van der Waals surface area contributed by atoms with Crippen LogP contribution in [0, 0.1) is 17.7 Å². The van der Waals surface area contributed by atoms with E-state index in [-0.39, 0.29) is 17.3 Å². The van der Waals surface area contributed by atoms with Crippen molar-refractivity contribution < 1.29 is 9.18 Å². The molecule has 1 amide bonds. The Balaban J connectivity index is 1.43. The maximum absolute atomic E-state index is 13.4. The molecule has 26 heavy (non-hydrogen) atoms. The van der Waals surface area contributed by atoms with Crippen molar-refractivity contribution in [3.05, 3.63) is 71.5 Å². The summed E-state index contributed by atoms with van der Waals surface area (Å²) in [5.74, 6) is 0.524. The van der Waals surface area contributed by atoms with E-state index < -0.39 is 0 Å². The molecule has 1 aliphatic heterocycles. The van der Waals surface area contributed by atoms with Crippen LogP contribution in [0.1, 0.15) is 35.7 Å². The van der Waals surface area contributed by atoms with Crippen LogP contribution in [0.4, 0.5) is 4.39 Å². The third kappa shape index (κ3) is 3.38. The number of benzene rings is 2. The highest BCUT2D eigenvalue weighted by molar-refractivity contribution is 5.94. The predicted molar refractivity (Wildman–Crippen MR) is 100 cm³/mol. The van der Waals surface area contributed by atoms with E-state index in [0.29, 0.717) is 17.4 Å². The highest BCUT2D eigenvalue weighted by Gasteiger charge is 2.50. The summed E-state index contributed by atoms with van der Waals surface area (Å²) < 4.78 is 13.4. The molecule has 0 radical (unpaired) electrons. The zero-order valence-corrected chi connectivity index (χ0v) is 15.1. The van der Waals surface area contributed by atoms with Crippen molar-refractivity contribution in [2.45, 2.75) is 31.8 Å². The Kier molecular flexibility index (Phi) is 4.53. The summed E-state index contributed by atoms with van der Waals surface area (Å²) in [6, 6.07) is 16.5. The lowest BCUT2D eigenvalue weighted by Crippen LogP contribution is -2.50. The smallest absolute Gasteiger partial charge is 0.251 e. The minimum atomic E-state index is -0.373. The number of likely N-dealkylation sites (tertiary alicyclic amines) is 1. The van der Waals surface area contributed by atoms with Crippen molar-refractivity contribution in [1.29, 1.82) is 0 Å². The van der Waals surface area contributed by atoms with Crippen LogP contribution in [-0.2, 0) is 6.54 Å². The number of nitrogens with one attached hydrogen (secondary N) is 1. The van der Waals surface area contributed by atoms with E-state index in [4.69, 9.17) is 0 Å². The van der Waals surface area contributed by atoms with E-state index in [0.717, 1.165) is 32.5 Å². The summed E-state index contributed by atoms with van der Waals surface area (Å²) in [6.45, 7) is 5.20. The molecular weight excluding hydrogens is 327 g/mol. The van der Waals surface area contributed by atoms with E-state index in [1.165, 1.54) is 17.7 Å². The van der Waals surface area contributed by atoms with Crippen molar-refractivity contribution in [2.24, 2.45) is 11.8 Å². The third-order valence-electron chi connectivity index (χ3n) is 6.10. The minimum Gasteiger partial charge on any atom is -0.347 e. The van der Waals surface area contributed by atoms with Gasteiger partial charge in [-0.3, -0.25) is 9.69 Å². The number of carbonyl (C=O) groups is 1. The average Bonchev–Trinajstić information content (AvgIpc) is 3.16. The zero-order valence-electron chi connectivity index (χ0n) is 15.1. The van der Waals surface area contributed by atoms with Crippen molar-refractivity contribution >= 4 is 5.91 Å². The average molecular weight is 352 g/mol. The lowest BCUT2D eigenvalue weighted by atomic mass is 9.86. The highest BCUT2D eigenvalue weighted by atomic mass is 19.1. The fourth-order valence-corrected chi connectivity index (χ4v) is 4.73. The normalized spacial score (nSPS) is 28.1. The molecule has 136 valence electrons. The fourth-order valence-electron chi connectivity index (χ4n) is 4.73. The van der Waals surface area contributed by atoms with Crippen LogP contribution in [-0.4, -0.2) is 29.4 Å². The van der Waals surface area contributed by atoms with Gasteiger partial charge < -0.3 is 5.32 Å². The lowest BCUT2D eigenvalue weighted by Gasteiger charge is -2.33. The largest absolute Gasteiger partial charge is 0.347 e. The second kappa shape index (κ2) is 6.84. The standard InChI is InChI=1S/C22H25FN2O/c1-22(24-21(26)17-8-5-9-19(23)12-17)11-10-18-14-25(15-20(18)22)13-16-6-3-2-4-7-16/h2-9,12,18,20H,10-11,13-15H2,1H3,(H,24,26)/t18-,20+,22+/m1/s1. The van der Waals surface area contributed by atoms with Crippen molar-refractivity contribution in [3.63, 3.8) is 0 Å². The summed E-state index contributed by atoms with van der Waals surface area (Å²) >= 11 is 0. The first-order valence-electron chi connectivity index (χ1n) is 9.38. The van der Waals surface area contributed by atoms with Gasteiger partial charge in [0.05, 0.1) is 0 Å². The molecule has 1 N–H and O–H groups in total. The van der Waals surface area contributed by atoms with Crippen LogP contribution in [0.25, 0.3) is 0 Å². The molecular formula is C22H25FN2O. The first-order valence-corrected chi connectivity index (χ1v) is 9.38. The topological polar surface area (TPSA) is 32.3 Å². The number of hydrogen-bond donors (Lipinski definition) is 1. The Bertz CT molecular complexity index is 794. The number of halogens is 1. The maximum atomic E-state index is 13.4. The summed E-state index contributed by atoms with van der Waals surface area (Å²) in [6.07, 6.45) is 2.12. The Hall–Kier alpha value is -2.20. The Morgan fingerprint density at radius 2 is 2.00 bits per heavy atom. The molecule has 2 aromatic carbocycles. The second-order valence-electron chi connectivity index (χ2n) is 7.97. The Morgan fingerprint density at radius 3 is 2.77 bits per heavy atom. The van der Waals surface area contributed by atoms with Crippen LogP contribution >= 0.6 is 0 Å². The number of amides is 1. The van der Waals surface area contributed by atoms with E-state index in [1.807, 2.05) is 6.07 Å². The van der Waals surface area contributed by atoms with Gasteiger partial charge in [0.2, 0.25) is 0 Å². The van der Waals surface area contributed by atoms with Gasteiger partial charge in [-0.15, -0.1) is 0 Å². The monoisotopic (exact) mass is 352 g/mol. The highest BCUT2D eigenvalue weighted by Crippen LogP contribution is 2.45. The van der Waals surface area contributed by atoms with Crippen LogP contribution in [0.3, 0.4) is 0 Å². The quantitative estimate of drug-likeness (QED) is 0.906. The molecule has 0 bridgehead atoms. The second-order valence-corrected chi connectivity index (χ2v) is 7.97. The van der Waals surface area contributed by atoms with E-state index in [1.54, 1.807) is 12.1 Å². The molecule has 1 saturated carbocycles. The van der Waals surface area contributed by atoms with Crippen LogP contribution < -0.4 is 5.32 Å². The van der Waals surface area contributed by atoms with Gasteiger partial charge >= 0.3 is 0 Å². The molecule has 1 saturated heterocycles. The number of hydrogen-bond acceptors (Lipinski definition) is 2. The molecule has 1 heterocycles. The Labute approximate surface area is 154 Å². The predicted octanol–water partition coefficient (Wildman–Crippen LogP) is 3.86. The van der Waals surface area contributed by atoms with Gasteiger partial charge in [-0.1, -0.05) is 36.4 Å². The molecule has 0 aromatic heterocycles. The van der Waals surface area contributed by atoms with Crippen molar-refractivity contribution in [3.8, 4) is 0 Å². The van der Waals surface area contributed by atoms with Crippen molar-refractivity contribution in [2.75, 3.05) is 13.1 Å². The summed E-state index contributed by atoms with van der Waals surface area (Å²) in [4.78, 5) is 15.1. The van der Waals surface area contributed by atoms with Crippen LogP contribution in [0.5, 0.6) is 0 Å². The number of fused-ring (bicyclic) bond motifs is 1. The molecule has 2 fully saturated rings. The van der Waals surface area contributed by atoms with E-state index in [9.17, 15) is 9.18 Å². The van der Waals surface area contributed by atoms with Gasteiger partial charge in [0, 0.05) is 30.7 Å². The van der Waals surface area contributed by atoms with E-state index >= 15 is 0 Å². The first kappa shape index (κ1) is 17.2. The van der Waals surface area contributed by atoms with E-state index in [2.05, 4.69) is 41.4 Å². The molecule has 2 aliphatic rings. The number of nitrogens with zero attached hydrogens (tertiary/aromatic N) is 1. The van der Waals surface area contributed by atoms with Crippen LogP contribution in [0.2, 0.25) is 0 Å². The Morgan fingerprint density at radius 1 is 1.19 bits per heavy atom. The van der Waals surface area contributed by atoms with Crippen molar-refractivity contribution in [1.82, 2.24) is 10.2 Å². The summed E-state index contributed by atoms with van der Waals surface area (Å²) in [5, 5.41) is 3.22. The first-order chi connectivity index (χ1) is 12.5. The van der Waals surface area contributed by atoms with Gasteiger partial charge in [0.15, 0.2) is 0 Å². The van der Waals surface area contributed by atoms with Crippen LogP contribution in [0.15, 0.2) is 54.6 Å². The molecule has 0 unspecified atom stereocenters. The molecule has 4 rings (SSSR count). The number of carbonyl (C=O) groups excluding carboxylic acids is 1. The molecule has 0 spiro atoms. The minimum absolute atomic E-state index is 0.172. The number of rotatable bonds is 4. The molecule has 1 aliphatic carbocycles. The lowest BCUT2D eigenvalue weighted by molar-refractivity contribution is 0.0877. The molecule has 3 nitrogen and oxygen atoms in total. The maximum Gasteiger partial charge on any atom is 0.251 e.